The van der Waals surface area contributed by atoms with Crippen LogP contribution < -0.4 is 15.5 Å². The van der Waals surface area contributed by atoms with Crippen molar-refractivity contribution in [2.45, 2.75) is 0 Å². The zero-order valence-electron chi connectivity index (χ0n) is 11.2. The van der Waals surface area contributed by atoms with Gasteiger partial charge in [-0.3, -0.25) is 10.1 Å². The number of anilines is 2. The zero-order valence-corrected chi connectivity index (χ0v) is 12.0. The Morgan fingerprint density at radius 1 is 1.10 bits per heavy atom. The molecule has 1 heterocycles. The number of nitrogens with one attached hydrogen (secondary N) is 2. The number of nitrogens with zero attached hydrogens (tertiary/aromatic N) is 1. The Kier molecular flexibility index (Phi) is 4.37. The van der Waals surface area contributed by atoms with Crippen LogP contribution in [0, 0.1) is 0 Å². The first kappa shape index (κ1) is 14.1. The van der Waals surface area contributed by atoms with E-state index >= 15 is 0 Å². The third-order valence-electron chi connectivity index (χ3n) is 2.61. The Morgan fingerprint density at radius 3 is 2.35 bits per heavy atom. The molecule has 3 amide bonds. The lowest BCUT2D eigenvalue weighted by Crippen LogP contribution is -2.33. The fourth-order valence-electron chi connectivity index (χ4n) is 1.58. The van der Waals surface area contributed by atoms with E-state index in [4.69, 9.17) is 0 Å². The van der Waals surface area contributed by atoms with Crippen LogP contribution in [0.2, 0.25) is 0 Å². The molecule has 2 aromatic rings. The van der Waals surface area contributed by atoms with E-state index in [0.717, 1.165) is 5.69 Å². The highest BCUT2D eigenvalue weighted by atomic mass is 32.1. The molecule has 6 heteroatoms. The van der Waals surface area contributed by atoms with E-state index in [1.165, 1.54) is 11.3 Å². The van der Waals surface area contributed by atoms with Crippen LogP contribution in [0.25, 0.3) is 0 Å². The molecule has 0 radical (unpaired) electrons. The summed E-state index contributed by atoms with van der Waals surface area (Å²) in [6.45, 7) is 0. The number of carbonyl (C=O) groups excluding carboxylic acids is 2. The summed E-state index contributed by atoms with van der Waals surface area (Å²) in [5.74, 6) is -0.401. The molecule has 0 aliphatic heterocycles. The number of imide groups is 1. The van der Waals surface area contributed by atoms with E-state index in [0.29, 0.717) is 10.6 Å². The van der Waals surface area contributed by atoms with E-state index in [1.54, 1.807) is 29.6 Å². The van der Waals surface area contributed by atoms with Gasteiger partial charge in [0.05, 0.1) is 4.88 Å². The quantitative estimate of drug-likeness (QED) is 0.913. The van der Waals surface area contributed by atoms with E-state index in [9.17, 15) is 9.59 Å². The second kappa shape index (κ2) is 6.21. The lowest BCUT2D eigenvalue weighted by molar-refractivity contribution is 0.0971. The highest BCUT2D eigenvalue weighted by Crippen LogP contribution is 2.15. The maximum absolute atomic E-state index is 11.7. The molecule has 2 N–H and O–H groups in total. The van der Waals surface area contributed by atoms with Gasteiger partial charge in [-0.1, -0.05) is 6.07 Å². The van der Waals surface area contributed by atoms with E-state index in [2.05, 4.69) is 10.6 Å². The minimum absolute atomic E-state index is 0.401. The lowest BCUT2D eigenvalue weighted by Gasteiger charge is -2.13. The third-order valence-corrected chi connectivity index (χ3v) is 3.48. The molecule has 1 aromatic carbocycles. The van der Waals surface area contributed by atoms with Gasteiger partial charge in [0, 0.05) is 25.5 Å². The predicted molar refractivity (Wildman–Crippen MR) is 81.6 cm³/mol. The van der Waals surface area contributed by atoms with Crippen molar-refractivity contribution < 1.29 is 9.59 Å². The van der Waals surface area contributed by atoms with E-state index < -0.39 is 11.9 Å². The fraction of sp³-hybridized carbons (Fsp3) is 0.143. The van der Waals surface area contributed by atoms with Crippen molar-refractivity contribution in [2.24, 2.45) is 0 Å². The lowest BCUT2D eigenvalue weighted by atomic mass is 10.2. The van der Waals surface area contributed by atoms with Crippen LogP contribution in [-0.2, 0) is 0 Å². The summed E-state index contributed by atoms with van der Waals surface area (Å²) >= 11 is 1.29. The second-order valence-electron chi connectivity index (χ2n) is 4.33. The van der Waals surface area contributed by atoms with Crippen molar-refractivity contribution in [3.8, 4) is 0 Å². The minimum atomic E-state index is -0.541. The van der Waals surface area contributed by atoms with Gasteiger partial charge in [0.15, 0.2) is 0 Å². The molecule has 0 saturated carbocycles. The Bertz CT molecular complexity index is 591. The molecular formula is C14H15N3O2S. The molecule has 104 valence electrons. The van der Waals surface area contributed by atoms with Crippen molar-refractivity contribution in [2.75, 3.05) is 24.3 Å². The summed E-state index contributed by atoms with van der Waals surface area (Å²) in [4.78, 5) is 25.8. The molecule has 5 nitrogen and oxygen atoms in total. The highest BCUT2D eigenvalue weighted by Gasteiger charge is 2.10. The summed E-state index contributed by atoms with van der Waals surface area (Å²) < 4.78 is 0. The number of rotatable bonds is 3. The molecule has 20 heavy (non-hydrogen) atoms. The smallest absolute Gasteiger partial charge is 0.326 e. The van der Waals surface area contributed by atoms with Gasteiger partial charge in [-0.05, 0) is 35.7 Å². The predicted octanol–water partition coefficient (Wildman–Crippen LogP) is 2.78. The normalized spacial score (nSPS) is 9.90. The molecule has 0 saturated heterocycles. The molecule has 0 fully saturated rings. The van der Waals surface area contributed by atoms with Crippen LogP contribution >= 0.6 is 11.3 Å². The molecule has 0 spiro atoms. The summed E-state index contributed by atoms with van der Waals surface area (Å²) in [5, 5.41) is 6.68. The van der Waals surface area contributed by atoms with Gasteiger partial charge < -0.3 is 10.2 Å². The van der Waals surface area contributed by atoms with Gasteiger partial charge in [0.1, 0.15) is 0 Å². The van der Waals surface area contributed by atoms with Crippen LogP contribution in [0.1, 0.15) is 9.67 Å². The first-order valence-electron chi connectivity index (χ1n) is 5.99. The van der Waals surface area contributed by atoms with Crippen molar-refractivity contribution in [1.29, 1.82) is 0 Å². The molecule has 1 aromatic heterocycles. The average molecular weight is 289 g/mol. The largest absolute Gasteiger partial charge is 0.378 e. The number of carbonyl (C=O) groups is 2. The summed E-state index contributed by atoms with van der Waals surface area (Å²) in [6, 6.07) is 10.2. The number of amides is 3. The molecule has 0 bridgehead atoms. The zero-order chi connectivity index (χ0) is 14.5. The van der Waals surface area contributed by atoms with Gasteiger partial charge in [-0.15, -0.1) is 11.3 Å². The average Bonchev–Trinajstić information content (AvgIpc) is 2.93. The summed E-state index contributed by atoms with van der Waals surface area (Å²) in [6.07, 6.45) is 0. The summed E-state index contributed by atoms with van der Waals surface area (Å²) in [7, 11) is 3.88. The van der Waals surface area contributed by atoms with Crippen LogP contribution in [0.4, 0.5) is 16.2 Å². The number of hydrogen-bond acceptors (Lipinski definition) is 4. The first-order chi connectivity index (χ1) is 9.56. The van der Waals surface area contributed by atoms with Crippen LogP contribution in [0.5, 0.6) is 0 Å². The minimum Gasteiger partial charge on any atom is -0.378 e. The molecule has 0 unspecified atom stereocenters. The van der Waals surface area contributed by atoms with Crippen LogP contribution in [0.15, 0.2) is 41.8 Å². The monoisotopic (exact) mass is 289 g/mol. The topological polar surface area (TPSA) is 61.4 Å². The molecule has 0 aliphatic rings. The van der Waals surface area contributed by atoms with Gasteiger partial charge in [-0.25, -0.2) is 4.79 Å². The number of hydrogen-bond donors (Lipinski definition) is 2. The summed E-state index contributed by atoms with van der Waals surface area (Å²) in [5.41, 5.74) is 1.66. The SMILES string of the molecule is CN(C)c1ccc(NC(=O)NC(=O)c2cccs2)cc1. The fourth-order valence-corrected chi connectivity index (χ4v) is 2.20. The van der Waals surface area contributed by atoms with Crippen molar-refractivity contribution in [3.63, 3.8) is 0 Å². The maximum atomic E-state index is 11.7. The molecule has 0 aliphatic carbocycles. The second-order valence-corrected chi connectivity index (χ2v) is 5.27. The highest BCUT2D eigenvalue weighted by molar-refractivity contribution is 7.12. The van der Waals surface area contributed by atoms with Gasteiger partial charge in [-0.2, -0.15) is 0 Å². The van der Waals surface area contributed by atoms with E-state index in [1.807, 2.05) is 31.1 Å². The van der Waals surface area contributed by atoms with Crippen molar-refractivity contribution >= 4 is 34.6 Å². The Balaban J connectivity index is 1.93. The van der Waals surface area contributed by atoms with Crippen LogP contribution in [0.3, 0.4) is 0 Å². The van der Waals surface area contributed by atoms with Gasteiger partial charge in [0.2, 0.25) is 0 Å². The Hall–Kier alpha value is -2.34. The standard InChI is InChI=1S/C14H15N3O2S/c1-17(2)11-7-5-10(6-8-11)15-14(19)16-13(18)12-4-3-9-20-12/h3-9H,1-2H3,(H2,15,16,18,19). The van der Waals surface area contributed by atoms with Gasteiger partial charge in [0.25, 0.3) is 5.91 Å². The molecule has 2 rings (SSSR count). The molecular weight excluding hydrogens is 274 g/mol. The Morgan fingerprint density at radius 2 is 1.80 bits per heavy atom. The van der Waals surface area contributed by atoms with Gasteiger partial charge >= 0.3 is 6.03 Å². The maximum Gasteiger partial charge on any atom is 0.326 e. The number of benzene rings is 1. The number of thiophene rings is 1. The molecule has 0 atom stereocenters. The van der Waals surface area contributed by atoms with Crippen molar-refractivity contribution in [3.05, 3.63) is 46.7 Å². The first-order valence-corrected chi connectivity index (χ1v) is 6.87. The van der Waals surface area contributed by atoms with E-state index in [-0.39, 0.29) is 0 Å². The third kappa shape index (κ3) is 3.58. The van der Waals surface area contributed by atoms with Crippen LogP contribution in [-0.4, -0.2) is 26.0 Å². The van der Waals surface area contributed by atoms with Crippen molar-refractivity contribution in [1.82, 2.24) is 5.32 Å². The Labute approximate surface area is 121 Å². The number of urea groups is 1.